The summed E-state index contributed by atoms with van der Waals surface area (Å²) >= 11 is 15.9. The van der Waals surface area contributed by atoms with Crippen molar-refractivity contribution in [1.82, 2.24) is 0 Å². The van der Waals surface area contributed by atoms with Gasteiger partial charge in [-0.15, -0.1) is 0 Å². The third-order valence-electron chi connectivity index (χ3n) is 5.05. The fourth-order valence-electron chi connectivity index (χ4n) is 3.42. The second-order valence-corrected chi connectivity index (χ2v) is 9.07. The molecule has 0 aliphatic rings. The van der Waals surface area contributed by atoms with E-state index >= 15 is 0 Å². The molecule has 4 aromatic rings. The zero-order valence-corrected chi connectivity index (χ0v) is 20.8. The van der Waals surface area contributed by atoms with Gasteiger partial charge in [-0.2, -0.15) is 5.26 Å². The van der Waals surface area contributed by atoms with Crippen molar-refractivity contribution in [3.63, 3.8) is 0 Å². The minimum absolute atomic E-state index is 0.0673. The molecule has 0 radical (unpaired) electrons. The van der Waals surface area contributed by atoms with Crippen molar-refractivity contribution >= 4 is 67.6 Å². The molecule has 4 nitrogen and oxygen atoms in total. The monoisotopic (exact) mass is 550 g/mol. The first-order chi connectivity index (χ1) is 16.4. The van der Waals surface area contributed by atoms with E-state index in [9.17, 15) is 10.1 Å². The first-order valence-electron chi connectivity index (χ1n) is 10.2. The maximum atomic E-state index is 12.5. The summed E-state index contributed by atoms with van der Waals surface area (Å²) in [6.07, 6.45) is 1.47. The van der Waals surface area contributed by atoms with Gasteiger partial charge in [0.2, 0.25) is 0 Å². The molecule has 0 aliphatic heterocycles. The van der Waals surface area contributed by atoms with Gasteiger partial charge in [0, 0.05) is 10.7 Å². The number of hydrogen-bond donors (Lipinski definition) is 1. The van der Waals surface area contributed by atoms with Gasteiger partial charge < -0.3 is 10.1 Å². The highest BCUT2D eigenvalue weighted by atomic mass is 79.9. The van der Waals surface area contributed by atoms with Crippen LogP contribution in [0.2, 0.25) is 10.0 Å². The van der Waals surface area contributed by atoms with Gasteiger partial charge in [0.25, 0.3) is 5.91 Å². The molecular weight excluding hydrogens is 535 g/mol. The Morgan fingerprint density at radius 1 is 1.03 bits per heavy atom. The van der Waals surface area contributed by atoms with Crippen LogP contribution in [0.15, 0.2) is 88.9 Å². The second-order valence-electron chi connectivity index (χ2n) is 7.37. The average Bonchev–Trinajstić information content (AvgIpc) is 2.83. The summed E-state index contributed by atoms with van der Waals surface area (Å²) in [6.45, 7) is 0.335. The summed E-state index contributed by atoms with van der Waals surface area (Å²) in [7, 11) is 0. The summed E-state index contributed by atoms with van der Waals surface area (Å²) in [5, 5.41) is 15.3. The van der Waals surface area contributed by atoms with Crippen molar-refractivity contribution in [2.75, 3.05) is 5.32 Å². The van der Waals surface area contributed by atoms with E-state index in [1.54, 1.807) is 36.4 Å². The first kappa shape index (κ1) is 23.8. The predicted molar refractivity (Wildman–Crippen MR) is 141 cm³/mol. The van der Waals surface area contributed by atoms with Gasteiger partial charge in [-0.05, 0) is 80.3 Å². The number of nitrogens with zero attached hydrogens (tertiary/aromatic N) is 1. The maximum Gasteiger partial charge on any atom is 0.266 e. The smallest absolute Gasteiger partial charge is 0.266 e. The molecule has 4 rings (SSSR count). The Hall–Kier alpha value is -3.30. The summed E-state index contributed by atoms with van der Waals surface area (Å²) in [4.78, 5) is 12.5. The van der Waals surface area contributed by atoms with Crippen LogP contribution in [0.1, 0.15) is 11.1 Å². The van der Waals surface area contributed by atoms with Crippen LogP contribution in [-0.4, -0.2) is 5.91 Å². The third kappa shape index (κ3) is 5.60. The molecule has 0 aromatic heterocycles. The van der Waals surface area contributed by atoms with E-state index in [-0.39, 0.29) is 5.57 Å². The normalized spacial score (nSPS) is 11.2. The van der Waals surface area contributed by atoms with E-state index in [1.165, 1.54) is 6.08 Å². The number of anilines is 1. The molecule has 0 saturated carbocycles. The Morgan fingerprint density at radius 3 is 2.50 bits per heavy atom. The summed E-state index contributed by atoms with van der Waals surface area (Å²) < 4.78 is 6.64. The Balaban J connectivity index is 1.53. The minimum atomic E-state index is -0.534. The molecule has 0 saturated heterocycles. The molecule has 0 atom stereocenters. The third-order valence-corrected chi connectivity index (χ3v) is 6.17. The molecule has 0 heterocycles. The van der Waals surface area contributed by atoms with Crippen molar-refractivity contribution in [1.29, 1.82) is 5.26 Å². The van der Waals surface area contributed by atoms with E-state index in [4.69, 9.17) is 27.9 Å². The van der Waals surface area contributed by atoms with Crippen molar-refractivity contribution in [2.24, 2.45) is 0 Å². The lowest BCUT2D eigenvalue weighted by Gasteiger charge is -2.13. The second kappa shape index (κ2) is 10.8. The molecule has 0 spiro atoms. The number of benzene rings is 4. The summed E-state index contributed by atoms with van der Waals surface area (Å²) in [6, 6.07) is 26.1. The van der Waals surface area contributed by atoms with Crippen LogP contribution < -0.4 is 10.1 Å². The van der Waals surface area contributed by atoms with Gasteiger partial charge >= 0.3 is 0 Å². The number of nitrogens with one attached hydrogen (secondary N) is 1. The van der Waals surface area contributed by atoms with Gasteiger partial charge in [-0.1, -0.05) is 65.7 Å². The zero-order valence-electron chi connectivity index (χ0n) is 17.7. The molecule has 0 bridgehead atoms. The van der Waals surface area contributed by atoms with Crippen LogP contribution in [0, 0.1) is 11.3 Å². The van der Waals surface area contributed by atoms with Crippen LogP contribution in [-0.2, 0) is 11.4 Å². The van der Waals surface area contributed by atoms with Gasteiger partial charge in [-0.3, -0.25) is 4.79 Å². The molecular formula is C27H17BrCl2N2O2. The molecule has 7 heteroatoms. The van der Waals surface area contributed by atoms with Crippen LogP contribution in [0.25, 0.3) is 16.8 Å². The Labute approximate surface area is 215 Å². The first-order valence-corrected chi connectivity index (χ1v) is 11.8. The topological polar surface area (TPSA) is 62.1 Å². The number of amides is 1. The quantitative estimate of drug-likeness (QED) is 0.195. The van der Waals surface area contributed by atoms with E-state index in [0.717, 1.165) is 16.3 Å². The summed E-state index contributed by atoms with van der Waals surface area (Å²) in [5.74, 6) is -0.0516. The lowest BCUT2D eigenvalue weighted by atomic mass is 10.1. The molecule has 34 heavy (non-hydrogen) atoms. The standard InChI is InChI=1S/C27H17BrCl2N2O2/c28-24-13-17(12-20(15-31)27(33)32-22-10-8-21(29)9-11-22)14-25(30)26(24)34-16-19-6-3-5-18-4-1-2-7-23(18)19/h1-14H,16H2,(H,32,33)/b20-12-. The van der Waals surface area contributed by atoms with Gasteiger partial charge in [0.05, 0.1) is 9.50 Å². The molecule has 168 valence electrons. The van der Waals surface area contributed by atoms with Gasteiger partial charge in [0.15, 0.2) is 5.75 Å². The summed E-state index contributed by atoms with van der Waals surface area (Å²) in [5.41, 5.74) is 2.09. The number of halogens is 3. The molecule has 4 aromatic carbocycles. The number of carbonyl (C=O) groups is 1. The van der Waals surface area contributed by atoms with Crippen molar-refractivity contribution in [3.8, 4) is 11.8 Å². The Kier molecular flexibility index (Phi) is 7.54. The lowest BCUT2D eigenvalue weighted by molar-refractivity contribution is -0.112. The Morgan fingerprint density at radius 2 is 1.76 bits per heavy atom. The van der Waals surface area contributed by atoms with Crippen molar-refractivity contribution in [2.45, 2.75) is 6.61 Å². The molecule has 0 aliphatic carbocycles. The van der Waals surface area contributed by atoms with Crippen molar-refractivity contribution < 1.29 is 9.53 Å². The molecule has 0 fully saturated rings. The fraction of sp³-hybridized carbons (Fsp3) is 0.0370. The van der Waals surface area contributed by atoms with E-state index in [1.807, 2.05) is 30.3 Å². The molecule has 1 N–H and O–H groups in total. The number of ether oxygens (including phenoxy) is 1. The zero-order chi connectivity index (χ0) is 24.1. The van der Waals surface area contributed by atoms with Gasteiger partial charge in [0.1, 0.15) is 18.2 Å². The number of hydrogen-bond acceptors (Lipinski definition) is 3. The number of rotatable bonds is 6. The SMILES string of the molecule is N#C/C(=C/c1cc(Cl)c(OCc2cccc3ccccc23)c(Br)c1)C(=O)Nc1ccc(Cl)cc1. The minimum Gasteiger partial charge on any atom is -0.486 e. The highest BCUT2D eigenvalue weighted by molar-refractivity contribution is 9.10. The van der Waals surface area contributed by atoms with Crippen LogP contribution in [0.5, 0.6) is 5.75 Å². The highest BCUT2D eigenvalue weighted by Crippen LogP contribution is 2.36. The maximum absolute atomic E-state index is 12.5. The largest absolute Gasteiger partial charge is 0.486 e. The molecule has 0 unspecified atom stereocenters. The molecule has 1 amide bonds. The number of carbonyl (C=O) groups excluding carboxylic acids is 1. The van der Waals surface area contributed by atoms with Crippen molar-refractivity contribution in [3.05, 3.63) is 110 Å². The van der Waals surface area contributed by atoms with E-state index in [2.05, 4.69) is 39.4 Å². The average molecular weight is 552 g/mol. The number of nitriles is 1. The van der Waals surface area contributed by atoms with Crippen LogP contribution in [0.4, 0.5) is 5.69 Å². The van der Waals surface area contributed by atoms with E-state index in [0.29, 0.717) is 38.1 Å². The van der Waals surface area contributed by atoms with Gasteiger partial charge in [-0.25, -0.2) is 0 Å². The van der Waals surface area contributed by atoms with Crippen LogP contribution in [0.3, 0.4) is 0 Å². The fourth-order valence-corrected chi connectivity index (χ4v) is 4.53. The number of fused-ring (bicyclic) bond motifs is 1. The predicted octanol–water partition coefficient (Wildman–Crippen LogP) is 8.03. The highest BCUT2D eigenvalue weighted by Gasteiger charge is 2.13. The van der Waals surface area contributed by atoms with Crippen LogP contribution >= 0.6 is 39.1 Å². The Bertz CT molecular complexity index is 1420. The van der Waals surface area contributed by atoms with E-state index < -0.39 is 5.91 Å². The lowest BCUT2D eigenvalue weighted by Crippen LogP contribution is -2.13.